The molecular weight excluding hydrogens is 937 g/mol. The van der Waals surface area contributed by atoms with Gasteiger partial charge in [-0.05, 0) is 112 Å². The average Bonchev–Trinajstić information content (AvgIpc) is 4.21. The highest BCUT2D eigenvalue weighted by molar-refractivity contribution is 6.01. The molecule has 2 aromatic heterocycles. The molecule has 72 heavy (non-hydrogen) atoms. The first-order chi connectivity index (χ1) is 34.8. The van der Waals surface area contributed by atoms with E-state index in [9.17, 15) is 37.4 Å². The molecule has 4 aromatic carbocycles. The molecule has 2 saturated carbocycles. The third-order valence-corrected chi connectivity index (χ3v) is 15.5. The van der Waals surface area contributed by atoms with E-state index in [1.54, 1.807) is 12.4 Å². The van der Waals surface area contributed by atoms with Crippen LogP contribution in [0, 0.1) is 35.1 Å². The topological polar surface area (TPSA) is 154 Å². The van der Waals surface area contributed by atoms with Gasteiger partial charge in [-0.15, -0.1) is 0 Å². The Kier molecular flexibility index (Phi) is 13.4. The molecule has 0 radical (unpaired) electrons. The predicted molar refractivity (Wildman–Crippen MR) is 256 cm³/mol. The van der Waals surface area contributed by atoms with Crippen molar-refractivity contribution in [3.05, 3.63) is 120 Å². The maximum absolute atomic E-state index is 14.0. The van der Waals surface area contributed by atoms with Crippen LogP contribution in [0.15, 0.2) is 85.2 Å². The number of aliphatic hydroxyl groups is 2. The number of nitrogens with zero attached hydrogens (tertiary/aromatic N) is 6. The van der Waals surface area contributed by atoms with Gasteiger partial charge in [0.1, 0.15) is 23.8 Å². The quantitative estimate of drug-likeness (QED) is 0.0898. The number of likely N-dealkylation sites (tertiary alicyclic amines) is 2. The van der Waals surface area contributed by atoms with E-state index in [4.69, 9.17) is 18.9 Å². The van der Waals surface area contributed by atoms with E-state index in [0.717, 1.165) is 97.8 Å². The third kappa shape index (κ3) is 10.0. The van der Waals surface area contributed by atoms with E-state index >= 15 is 0 Å². The van der Waals surface area contributed by atoms with Gasteiger partial charge in [0, 0.05) is 98.1 Å². The number of hydrogen-bond acceptors (Lipinski definition) is 12. The number of ketones is 2. The molecule has 6 aliphatic rings. The number of carbonyl (C=O) groups excluding carboxylic acids is 2. The second kappa shape index (κ2) is 19.9. The molecule has 18 heteroatoms. The molecular formula is C54H58F4N6O8. The molecule has 0 bridgehead atoms. The number of Topliss-reactive ketones (excluding diaryl/α,β-unsaturated/α-hetero) is 2. The SMILES string of the molecule is O=C(CN1C[C@@H]2C[C@@H](Oc3ccc(F)cc3F)C[C@]2(O)C1)c1ccc2c(cnn2C2CCCCO2)c1.O=C(CN1C[C@H]2C[C@H](Oc3ccc(F)cc3F)C[C@@]2(O)C1)c1ccc2c(cnn2C2CCCCO2)c1. The number of ether oxygens (including phenoxy) is 4. The number of rotatable bonds is 12. The van der Waals surface area contributed by atoms with Crippen LogP contribution >= 0.6 is 0 Å². The van der Waals surface area contributed by atoms with Crippen molar-refractivity contribution in [3.63, 3.8) is 0 Å². The third-order valence-electron chi connectivity index (χ3n) is 15.5. The van der Waals surface area contributed by atoms with Gasteiger partial charge in [-0.3, -0.25) is 19.4 Å². The number of β-amino-alcohol motifs (C(OH)–C–C–N with tert-alkyl or cyclic N) is 2. The number of fused-ring (bicyclic) bond motifs is 4. The van der Waals surface area contributed by atoms with Crippen LogP contribution in [0.1, 0.15) is 97.4 Å². The highest BCUT2D eigenvalue weighted by Crippen LogP contribution is 2.45. The van der Waals surface area contributed by atoms with Crippen LogP contribution in [-0.2, 0) is 9.47 Å². The maximum Gasteiger partial charge on any atom is 0.176 e. The predicted octanol–water partition coefficient (Wildman–Crippen LogP) is 8.20. The van der Waals surface area contributed by atoms with E-state index in [1.807, 2.05) is 55.6 Å². The first-order valence-electron chi connectivity index (χ1n) is 25.1. The molecule has 6 aromatic rings. The first-order valence-corrected chi connectivity index (χ1v) is 25.1. The summed E-state index contributed by atoms with van der Waals surface area (Å²) >= 11 is 0. The lowest BCUT2D eigenvalue weighted by molar-refractivity contribution is -0.0367. The molecule has 2 aliphatic carbocycles. The second-order valence-corrected chi connectivity index (χ2v) is 20.7. The van der Waals surface area contributed by atoms with Gasteiger partial charge in [-0.2, -0.15) is 10.2 Å². The minimum Gasteiger partial charge on any atom is -0.487 e. The zero-order chi connectivity index (χ0) is 49.7. The Morgan fingerprint density at radius 3 is 1.44 bits per heavy atom. The van der Waals surface area contributed by atoms with Crippen LogP contribution in [0.25, 0.3) is 21.8 Å². The summed E-state index contributed by atoms with van der Waals surface area (Å²) in [6, 6.07) is 17.7. The van der Waals surface area contributed by atoms with Crippen molar-refractivity contribution >= 4 is 33.4 Å². The number of aromatic nitrogens is 4. The van der Waals surface area contributed by atoms with Crippen LogP contribution < -0.4 is 9.47 Å². The molecule has 8 atom stereocenters. The van der Waals surface area contributed by atoms with Crippen molar-refractivity contribution in [2.45, 2.75) is 100 Å². The lowest BCUT2D eigenvalue weighted by Gasteiger charge is -2.23. The smallest absolute Gasteiger partial charge is 0.176 e. The summed E-state index contributed by atoms with van der Waals surface area (Å²) in [6.45, 7) is 3.73. The molecule has 4 saturated heterocycles. The molecule has 380 valence electrons. The fourth-order valence-corrected chi connectivity index (χ4v) is 12.0. The molecule has 2 N–H and O–H groups in total. The summed E-state index contributed by atoms with van der Waals surface area (Å²) in [5.41, 5.74) is 1.14. The van der Waals surface area contributed by atoms with E-state index in [1.165, 1.54) is 12.1 Å². The molecule has 6 fully saturated rings. The number of halogens is 4. The molecule has 0 spiro atoms. The zero-order valence-corrected chi connectivity index (χ0v) is 39.8. The van der Waals surface area contributed by atoms with Crippen LogP contribution in [0.4, 0.5) is 17.6 Å². The normalized spacial score (nSPS) is 28.5. The highest BCUT2D eigenvalue weighted by Gasteiger charge is 2.54. The summed E-state index contributed by atoms with van der Waals surface area (Å²) in [5.74, 6) is -3.00. The van der Waals surface area contributed by atoms with Crippen molar-refractivity contribution < 1.29 is 56.3 Å². The summed E-state index contributed by atoms with van der Waals surface area (Å²) in [7, 11) is 0. The Morgan fingerprint density at radius 2 is 1.06 bits per heavy atom. The standard InChI is InChI=1S/2C27H29F2N3O4/c2*28-20-5-7-25(22(29)11-20)36-21-10-19-14-31(16-27(19,34)12-21)15-24(33)17-4-6-23-18(9-17)13-30-32(23)26-3-1-2-8-35-26/h2*4-7,9,11,13,19,21,26,34H,1-3,8,10,12,14-16H2/t2*19-,21+,26?,27-/m10/s1. The number of carbonyl (C=O) groups is 2. The van der Waals surface area contributed by atoms with Gasteiger partial charge in [0.15, 0.2) is 47.2 Å². The lowest BCUT2D eigenvalue weighted by atomic mass is 9.95. The van der Waals surface area contributed by atoms with Crippen molar-refractivity contribution in [1.82, 2.24) is 29.4 Å². The second-order valence-electron chi connectivity index (χ2n) is 20.7. The minimum atomic E-state index is -0.994. The first kappa shape index (κ1) is 48.5. The molecule has 0 amide bonds. The summed E-state index contributed by atoms with van der Waals surface area (Å²) in [5, 5.41) is 33.2. The Balaban J connectivity index is 0.000000156. The van der Waals surface area contributed by atoms with Crippen LogP contribution in [-0.4, -0.2) is 127 Å². The van der Waals surface area contributed by atoms with E-state index in [2.05, 4.69) is 10.2 Å². The van der Waals surface area contributed by atoms with Gasteiger partial charge < -0.3 is 29.2 Å². The van der Waals surface area contributed by atoms with Crippen molar-refractivity contribution in [1.29, 1.82) is 0 Å². The van der Waals surface area contributed by atoms with E-state index in [-0.39, 0.29) is 72.7 Å². The Labute approximate surface area is 413 Å². The molecule has 4 aliphatic heterocycles. The largest absolute Gasteiger partial charge is 0.487 e. The fourth-order valence-electron chi connectivity index (χ4n) is 12.0. The van der Waals surface area contributed by atoms with Gasteiger partial charge in [-0.25, -0.2) is 26.9 Å². The summed E-state index contributed by atoms with van der Waals surface area (Å²) in [4.78, 5) is 30.1. The monoisotopic (exact) mass is 994 g/mol. The maximum atomic E-state index is 14.0. The zero-order valence-electron chi connectivity index (χ0n) is 39.8. The fraction of sp³-hybridized carbons (Fsp3) is 0.481. The Morgan fingerprint density at radius 1 is 0.611 bits per heavy atom. The Bertz CT molecular complexity index is 2780. The molecule has 12 rings (SSSR count). The molecule has 2 unspecified atom stereocenters. The highest BCUT2D eigenvalue weighted by atomic mass is 19.1. The Hall–Kier alpha value is -5.76. The van der Waals surface area contributed by atoms with Crippen molar-refractivity contribution in [2.75, 3.05) is 52.5 Å². The lowest BCUT2D eigenvalue weighted by Crippen LogP contribution is -2.37. The van der Waals surface area contributed by atoms with Gasteiger partial charge in [-0.1, -0.05) is 0 Å². The van der Waals surface area contributed by atoms with E-state index in [0.29, 0.717) is 63.0 Å². The summed E-state index contributed by atoms with van der Waals surface area (Å²) in [6.07, 6.45) is 10.7. The minimum absolute atomic E-state index is 0.00855. The van der Waals surface area contributed by atoms with E-state index < -0.39 is 34.5 Å². The van der Waals surface area contributed by atoms with Gasteiger partial charge in [0.2, 0.25) is 0 Å². The number of hydrogen-bond donors (Lipinski definition) is 2. The molecule has 14 nitrogen and oxygen atoms in total. The van der Waals surface area contributed by atoms with Gasteiger partial charge >= 0.3 is 0 Å². The summed E-state index contributed by atoms with van der Waals surface area (Å²) < 4.78 is 81.2. The molecule has 6 heterocycles. The van der Waals surface area contributed by atoms with Gasteiger partial charge in [0.05, 0.1) is 47.7 Å². The van der Waals surface area contributed by atoms with Crippen LogP contribution in [0.2, 0.25) is 0 Å². The van der Waals surface area contributed by atoms with Crippen molar-refractivity contribution in [3.8, 4) is 11.5 Å². The number of benzene rings is 4. The van der Waals surface area contributed by atoms with Crippen molar-refractivity contribution in [2.24, 2.45) is 11.8 Å². The average molecular weight is 995 g/mol. The van der Waals surface area contributed by atoms with Crippen LogP contribution in [0.5, 0.6) is 11.5 Å². The van der Waals surface area contributed by atoms with Crippen LogP contribution in [0.3, 0.4) is 0 Å². The van der Waals surface area contributed by atoms with Gasteiger partial charge in [0.25, 0.3) is 0 Å².